The van der Waals surface area contributed by atoms with Crippen LogP contribution in [0.15, 0.2) is 53.3 Å². The van der Waals surface area contributed by atoms with E-state index in [2.05, 4.69) is 20.3 Å². The predicted molar refractivity (Wildman–Crippen MR) is 138 cm³/mol. The summed E-state index contributed by atoms with van der Waals surface area (Å²) in [5.74, 6) is 0.720. The smallest absolute Gasteiger partial charge is 0.321 e. The molecule has 0 bridgehead atoms. The van der Waals surface area contributed by atoms with Crippen LogP contribution in [-0.4, -0.2) is 70.8 Å². The molecule has 3 heterocycles. The molecule has 12 heteroatoms. The topological polar surface area (TPSA) is 101 Å². The highest BCUT2D eigenvalue weighted by Gasteiger charge is 2.22. The predicted octanol–water partition coefficient (Wildman–Crippen LogP) is 3.32. The number of ether oxygens (including phenoxy) is 2. The van der Waals surface area contributed by atoms with E-state index in [4.69, 9.17) is 9.47 Å². The number of methoxy groups -OCH3 is 2. The van der Waals surface area contributed by atoms with Gasteiger partial charge in [0.25, 0.3) is 5.56 Å². The van der Waals surface area contributed by atoms with Gasteiger partial charge in [0.2, 0.25) is 4.96 Å². The normalized spacial score (nSPS) is 14.1. The van der Waals surface area contributed by atoms with Crippen LogP contribution in [0.25, 0.3) is 15.5 Å². The highest BCUT2D eigenvalue weighted by Crippen LogP contribution is 2.30. The number of fused-ring (bicyclic) bond motifs is 1. The molecule has 0 radical (unpaired) electrons. The van der Waals surface area contributed by atoms with Crippen LogP contribution >= 0.6 is 11.3 Å². The van der Waals surface area contributed by atoms with Crippen molar-refractivity contribution < 1.29 is 18.7 Å². The van der Waals surface area contributed by atoms with Gasteiger partial charge in [0.1, 0.15) is 5.82 Å². The van der Waals surface area contributed by atoms with Gasteiger partial charge in [-0.1, -0.05) is 23.5 Å². The number of anilines is 1. The van der Waals surface area contributed by atoms with Gasteiger partial charge < -0.3 is 19.7 Å². The molecule has 192 valence electrons. The first-order chi connectivity index (χ1) is 17.9. The number of nitrogens with one attached hydrogen (secondary N) is 1. The van der Waals surface area contributed by atoms with Crippen LogP contribution in [-0.2, 0) is 6.54 Å². The highest BCUT2D eigenvalue weighted by molar-refractivity contribution is 7.19. The van der Waals surface area contributed by atoms with Crippen LogP contribution in [0.5, 0.6) is 11.5 Å². The van der Waals surface area contributed by atoms with Gasteiger partial charge in [-0.15, -0.1) is 0 Å². The number of rotatable bonds is 6. The Labute approximate surface area is 215 Å². The van der Waals surface area contributed by atoms with Crippen molar-refractivity contribution >= 4 is 28.0 Å². The number of hydrogen-bond acceptors (Lipinski definition) is 8. The van der Waals surface area contributed by atoms with Crippen molar-refractivity contribution in [3.63, 3.8) is 0 Å². The Morgan fingerprint density at radius 2 is 1.81 bits per heavy atom. The summed E-state index contributed by atoms with van der Waals surface area (Å²) >= 11 is 1.17. The number of urea groups is 1. The maximum atomic E-state index is 14.2. The van der Waals surface area contributed by atoms with Gasteiger partial charge in [-0.3, -0.25) is 9.69 Å². The van der Waals surface area contributed by atoms with Crippen molar-refractivity contribution in [2.45, 2.75) is 6.54 Å². The third-order valence-corrected chi connectivity index (χ3v) is 7.02. The minimum Gasteiger partial charge on any atom is -0.493 e. The number of benzene rings is 2. The zero-order valence-electron chi connectivity index (χ0n) is 20.3. The molecule has 2 amide bonds. The first-order valence-corrected chi connectivity index (χ1v) is 12.4. The second-order valence-electron chi connectivity index (χ2n) is 8.43. The number of nitrogens with zero attached hydrogens (tertiary/aromatic N) is 5. The Bertz CT molecular complexity index is 1500. The van der Waals surface area contributed by atoms with E-state index in [0.717, 1.165) is 0 Å². The molecule has 0 saturated carbocycles. The van der Waals surface area contributed by atoms with E-state index < -0.39 is 5.82 Å². The Kier molecular flexibility index (Phi) is 7.01. The Hall–Kier alpha value is -4.03. The molecule has 5 rings (SSSR count). The van der Waals surface area contributed by atoms with Crippen LogP contribution in [0, 0.1) is 5.82 Å². The first-order valence-electron chi connectivity index (χ1n) is 11.6. The largest absolute Gasteiger partial charge is 0.493 e. The fourth-order valence-electron chi connectivity index (χ4n) is 4.14. The van der Waals surface area contributed by atoms with Crippen LogP contribution < -0.4 is 20.3 Å². The first kappa shape index (κ1) is 24.7. The summed E-state index contributed by atoms with van der Waals surface area (Å²) < 4.78 is 25.9. The summed E-state index contributed by atoms with van der Waals surface area (Å²) in [4.78, 5) is 34.3. The average molecular weight is 525 g/mol. The summed E-state index contributed by atoms with van der Waals surface area (Å²) in [7, 11) is 3.10. The molecule has 0 aliphatic carbocycles. The number of piperazine rings is 1. The summed E-state index contributed by atoms with van der Waals surface area (Å²) in [5.41, 5.74) is 1.24. The van der Waals surface area contributed by atoms with Crippen LogP contribution in [0.4, 0.5) is 14.9 Å². The average Bonchev–Trinajstić information content (AvgIpc) is 3.34. The fraction of sp³-hybridized carbons (Fsp3) is 0.280. The lowest BCUT2D eigenvalue weighted by molar-refractivity contribution is 0.142. The van der Waals surface area contributed by atoms with E-state index in [1.54, 1.807) is 55.5 Å². The molecule has 0 spiro atoms. The molecule has 1 fully saturated rings. The standard InChI is InChI=1S/C25H25FN6O4S/c1-35-20-8-7-16(13-21(20)36-2)27-24(34)31-11-9-30(10-12-31)15-17-14-22(33)32-25(28-17)37-23(29-32)18-5-3-4-6-19(18)26/h3-8,13-14H,9-12,15H2,1-2H3,(H,27,34). The zero-order chi connectivity index (χ0) is 25.9. The SMILES string of the molecule is COc1ccc(NC(=O)N2CCN(Cc3cc(=O)n4nc(-c5ccccc5F)sc4n3)CC2)cc1OC. The van der Waals surface area contributed by atoms with Gasteiger partial charge >= 0.3 is 6.03 Å². The minimum absolute atomic E-state index is 0.199. The third-order valence-electron chi connectivity index (χ3n) is 6.08. The van der Waals surface area contributed by atoms with Crippen LogP contribution in [0.3, 0.4) is 0 Å². The van der Waals surface area contributed by atoms with Gasteiger partial charge in [0.15, 0.2) is 16.5 Å². The summed E-state index contributed by atoms with van der Waals surface area (Å²) in [6, 6.07) is 12.8. The second kappa shape index (κ2) is 10.5. The summed E-state index contributed by atoms with van der Waals surface area (Å²) in [6.45, 7) is 2.77. The number of carbonyl (C=O) groups excluding carboxylic acids is 1. The van der Waals surface area contributed by atoms with Crippen LogP contribution in [0.2, 0.25) is 0 Å². The van der Waals surface area contributed by atoms with Crippen molar-refractivity contribution in [2.75, 3.05) is 45.7 Å². The highest BCUT2D eigenvalue weighted by atomic mass is 32.1. The molecule has 4 aromatic rings. The molecule has 1 saturated heterocycles. The molecule has 0 atom stereocenters. The molecule has 0 unspecified atom stereocenters. The molecule has 1 aliphatic heterocycles. The van der Waals surface area contributed by atoms with E-state index in [9.17, 15) is 14.0 Å². The van der Waals surface area contributed by atoms with E-state index in [-0.39, 0.29) is 11.6 Å². The Balaban J connectivity index is 1.22. The number of hydrogen-bond donors (Lipinski definition) is 1. The number of halogens is 1. The summed E-state index contributed by atoms with van der Waals surface area (Å²) in [5, 5.41) is 7.55. The van der Waals surface area contributed by atoms with Crippen molar-refractivity contribution in [3.8, 4) is 22.1 Å². The number of carbonyl (C=O) groups is 1. The molecule has 37 heavy (non-hydrogen) atoms. The van der Waals surface area contributed by atoms with Gasteiger partial charge in [-0.2, -0.15) is 9.61 Å². The second-order valence-corrected chi connectivity index (χ2v) is 9.39. The zero-order valence-corrected chi connectivity index (χ0v) is 21.1. The Morgan fingerprint density at radius 3 is 2.54 bits per heavy atom. The summed E-state index contributed by atoms with van der Waals surface area (Å²) in [6.07, 6.45) is 0. The quantitative estimate of drug-likeness (QED) is 0.413. The van der Waals surface area contributed by atoms with Crippen molar-refractivity contribution in [3.05, 3.63) is 70.4 Å². The van der Waals surface area contributed by atoms with E-state index in [0.29, 0.717) is 71.1 Å². The lowest BCUT2D eigenvalue weighted by atomic mass is 10.2. The van der Waals surface area contributed by atoms with Crippen molar-refractivity contribution in [2.24, 2.45) is 0 Å². The molecular formula is C25H25FN6O4S. The van der Waals surface area contributed by atoms with Gasteiger partial charge in [-0.05, 0) is 24.3 Å². The van der Waals surface area contributed by atoms with E-state index in [1.165, 1.54) is 28.0 Å². The number of amides is 2. The Morgan fingerprint density at radius 1 is 1.05 bits per heavy atom. The molecule has 10 nitrogen and oxygen atoms in total. The van der Waals surface area contributed by atoms with E-state index in [1.807, 2.05) is 0 Å². The molecule has 1 aliphatic rings. The minimum atomic E-state index is -0.400. The lowest BCUT2D eigenvalue weighted by Crippen LogP contribution is -2.49. The third kappa shape index (κ3) is 5.25. The van der Waals surface area contributed by atoms with Gasteiger partial charge in [0.05, 0.1) is 19.9 Å². The van der Waals surface area contributed by atoms with Gasteiger partial charge in [-0.25, -0.2) is 14.2 Å². The molecule has 2 aromatic heterocycles. The van der Waals surface area contributed by atoms with Gasteiger partial charge in [0, 0.05) is 56.1 Å². The maximum absolute atomic E-state index is 14.2. The number of aromatic nitrogens is 3. The molecular weight excluding hydrogens is 499 g/mol. The maximum Gasteiger partial charge on any atom is 0.321 e. The monoisotopic (exact) mass is 524 g/mol. The molecule has 2 aromatic carbocycles. The van der Waals surface area contributed by atoms with E-state index >= 15 is 0 Å². The van der Waals surface area contributed by atoms with Crippen LogP contribution in [0.1, 0.15) is 5.69 Å². The molecule has 1 N–H and O–H groups in total. The fourth-order valence-corrected chi connectivity index (χ4v) is 5.09. The lowest BCUT2D eigenvalue weighted by Gasteiger charge is -2.34. The van der Waals surface area contributed by atoms with Crippen molar-refractivity contribution in [1.82, 2.24) is 24.4 Å². The van der Waals surface area contributed by atoms with Crippen molar-refractivity contribution in [1.29, 1.82) is 0 Å².